The molecule has 1 unspecified atom stereocenters. The molecule has 0 fully saturated rings. The third-order valence-electron chi connectivity index (χ3n) is 12.6. The monoisotopic (exact) mass is 758 g/mol. The third kappa shape index (κ3) is 4.73. The molecule has 3 heterocycles. The maximum atomic E-state index is 6.61. The van der Waals surface area contributed by atoms with Crippen molar-refractivity contribution in [3.8, 4) is 11.4 Å². The summed E-state index contributed by atoms with van der Waals surface area (Å²) in [6.07, 6.45) is 9.09. The largest absolute Gasteiger partial charge is 0.455 e. The number of hydrogen-bond donors (Lipinski definition) is 0. The molecule has 12 rings (SSSR count). The summed E-state index contributed by atoms with van der Waals surface area (Å²) in [5.74, 6) is 0. The number of benzene rings is 8. The van der Waals surface area contributed by atoms with Gasteiger partial charge in [-0.1, -0.05) is 151 Å². The molecule has 1 aliphatic rings. The molecule has 0 amide bonds. The second-order valence-corrected chi connectivity index (χ2v) is 19.4. The van der Waals surface area contributed by atoms with E-state index >= 15 is 0 Å². The van der Waals surface area contributed by atoms with Crippen LogP contribution in [0.25, 0.3) is 76.9 Å². The summed E-state index contributed by atoms with van der Waals surface area (Å²) in [6.45, 7) is 0. The van der Waals surface area contributed by atoms with Gasteiger partial charge in [0.15, 0.2) is 8.07 Å². The van der Waals surface area contributed by atoms with E-state index in [9.17, 15) is 0 Å². The van der Waals surface area contributed by atoms with Crippen molar-refractivity contribution >= 4 is 89.2 Å². The molecule has 11 aromatic rings. The first kappa shape index (κ1) is 33.0. The van der Waals surface area contributed by atoms with Crippen LogP contribution in [-0.4, -0.2) is 17.2 Å². The Morgan fingerprint density at radius 3 is 1.55 bits per heavy atom. The predicted molar refractivity (Wildman–Crippen MR) is 246 cm³/mol. The zero-order chi connectivity index (χ0) is 38.2. The number of rotatable bonds is 6. The minimum Gasteiger partial charge on any atom is -0.455 e. The lowest BCUT2D eigenvalue weighted by atomic mass is 10.1. The Kier molecular flexibility index (Phi) is 7.38. The molecule has 0 N–H and O–H groups in total. The molecule has 0 aliphatic heterocycles. The number of allylic oxidation sites excluding steroid dienone is 4. The van der Waals surface area contributed by atoms with Crippen LogP contribution in [0.15, 0.2) is 216 Å². The van der Waals surface area contributed by atoms with Crippen LogP contribution in [0.4, 0.5) is 0 Å². The highest BCUT2D eigenvalue weighted by atomic mass is 28.3. The molecule has 0 spiro atoms. The number of hydrogen-bond acceptors (Lipinski definition) is 1. The van der Waals surface area contributed by atoms with E-state index in [0.717, 1.165) is 51.4 Å². The third-order valence-corrected chi connectivity index (χ3v) is 17.6. The molecule has 4 heteroatoms. The number of furan rings is 1. The fraction of sp³-hybridized carbons (Fsp3) is 0.0370. The number of para-hydroxylation sites is 4. The minimum absolute atomic E-state index is 0.920. The van der Waals surface area contributed by atoms with E-state index in [1.165, 1.54) is 59.2 Å². The van der Waals surface area contributed by atoms with Crippen LogP contribution in [0.5, 0.6) is 0 Å². The van der Waals surface area contributed by atoms with Crippen molar-refractivity contribution < 1.29 is 4.42 Å². The number of aromatic nitrogens is 2. The molecule has 3 aromatic heterocycles. The van der Waals surface area contributed by atoms with Crippen molar-refractivity contribution in [3.63, 3.8) is 0 Å². The van der Waals surface area contributed by atoms with Crippen LogP contribution >= 0.6 is 0 Å². The summed E-state index contributed by atoms with van der Waals surface area (Å²) in [6, 6.07) is 69.5. The Hall–Kier alpha value is -7.14. The van der Waals surface area contributed by atoms with Gasteiger partial charge >= 0.3 is 0 Å². The molecule has 58 heavy (non-hydrogen) atoms. The Labute approximate surface area is 337 Å². The van der Waals surface area contributed by atoms with Gasteiger partial charge in [0.1, 0.15) is 11.2 Å². The lowest BCUT2D eigenvalue weighted by Crippen LogP contribution is -2.68. The SMILES string of the molecule is C1=CCCC([Si](c2ccccc2)(c2ccc(-n3c4ccccc4c4ccccc43)cc2)c2ccc(-n3c4ccccc4c4c5oc6ccccc6c5ccc43)cc2)=C1. The van der Waals surface area contributed by atoms with E-state index in [-0.39, 0.29) is 0 Å². The second-order valence-electron chi connectivity index (χ2n) is 15.5. The van der Waals surface area contributed by atoms with E-state index in [1.807, 2.05) is 6.07 Å². The zero-order valence-electron chi connectivity index (χ0n) is 31.8. The summed E-state index contributed by atoms with van der Waals surface area (Å²) in [7, 11) is -2.73. The van der Waals surface area contributed by atoms with Gasteiger partial charge < -0.3 is 13.6 Å². The summed E-state index contributed by atoms with van der Waals surface area (Å²) in [4.78, 5) is 0. The van der Waals surface area contributed by atoms with E-state index in [2.05, 4.69) is 209 Å². The molecule has 3 nitrogen and oxygen atoms in total. The van der Waals surface area contributed by atoms with Crippen molar-refractivity contribution in [1.29, 1.82) is 0 Å². The summed E-state index contributed by atoms with van der Waals surface area (Å²) < 4.78 is 11.4. The lowest BCUT2D eigenvalue weighted by molar-refractivity contribution is 0.673. The molecule has 0 radical (unpaired) electrons. The first-order chi connectivity index (χ1) is 28.8. The van der Waals surface area contributed by atoms with Gasteiger partial charge in [-0.15, -0.1) is 0 Å². The first-order valence-electron chi connectivity index (χ1n) is 20.2. The highest BCUT2D eigenvalue weighted by Crippen LogP contribution is 2.40. The molecular formula is C54H38N2OSi. The van der Waals surface area contributed by atoms with Gasteiger partial charge in [-0.2, -0.15) is 0 Å². The molecule has 274 valence electrons. The molecular weight excluding hydrogens is 721 g/mol. The van der Waals surface area contributed by atoms with E-state index in [1.54, 1.807) is 0 Å². The van der Waals surface area contributed by atoms with Crippen molar-refractivity contribution in [3.05, 3.63) is 211 Å². The van der Waals surface area contributed by atoms with Gasteiger partial charge in [0.2, 0.25) is 0 Å². The van der Waals surface area contributed by atoms with Crippen molar-refractivity contribution in [2.45, 2.75) is 12.8 Å². The minimum atomic E-state index is -2.73. The van der Waals surface area contributed by atoms with Crippen LogP contribution in [0.2, 0.25) is 0 Å². The fourth-order valence-electron chi connectivity index (χ4n) is 10.1. The van der Waals surface area contributed by atoms with Gasteiger partial charge in [0.25, 0.3) is 0 Å². The smallest absolute Gasteiger partial charge is 0.175 e. The average Bonchev–Trinajstić information content (AvgIpc) is 3.96. The fourth-order valence-corrected chi connectivity index (χ4v) is 15.1. The molecule has 1 atom stereocenters. The average molecular weight is 759 g/mol. The van der Waals surface area contributed by atoms with Crippen LogP contribution in [0.1, 0.15) is 12.8 Å². The Bertz CT molecular complexity index is 3380. The van der Waals surface area contributed by atoms with Gasteiger partial charge in [-0.05, 0) is 89.1 Å². The van der Waals surface area contributed by atoms with Gasteiger partial charge in [-0.3, -0.25) is 0 Å². The molecule has 8 aromatic carbocycles. The topological polar surface area (TPSA) is 23.0 Å². The maximum absolute atomic E-state index is 6.61. The Morgan fingerprint density at radius 1 is 0.414 bits per heavy atom. The molecule has 0 bridgehead atoms. The molecule has 0 saturated heterocycles. The van der Waals surface area contributed by atoms with Crippen molar-refractivity contribution in [1.82, 2.24) is 9.13 Å². The van der Waals surface area contributed by atoms with Crippen LogP contribution in [-0.2, 0) is 0 Å². The van der Waals surface area contributed by atoms with Gasteiger partial charge in [0.05, 0.1) is 27.5 Å². The Morgan fingerprint density at radius 2 is 0.931 bits per heavy atom. The summed E-state index contributed by atoms with van der Waals surface area (Å²) in [5, 5.41) is 12.9. The standard InChI is InChI=1S/C54H38N2OSi/c1-3-15-39(16-4-1)58(40-17-5-2-6-18-40,41-31-27-37(28-32-41)55-48-23-11-7-19-43(48)44-20-8-12-24-49(44)55)42-33-29-38(30-34-42)56-50-25-13-9-22-47(50)53-51(56)36-35-46-45-21-10-14-26-52(45)57-54(46)53/h1-5,7-17,19-36H,6,18H2. The van der Waals surface area contributed by atoms with E-state index < -0.39 is 8.07 Å². The Balaban J connectivity index is 1.06. The maximum Gasteiger partial charge on any atom is 0.175 e. The summed E-state index contributed by atoms with van der Waals surface area (Å²) >= 11 is 0. The van der Waals surface area contributed by atoms with Crippen molar-refractivity contribution in [2.24, 2.45) is 0 Å². The quantitative estimate of drug-likeness (QED) is 0.122. The highest BCUT2D eigenvalue weighted by Gasteiger charge is 2.43. The number of fused-ring (bicyclic) bond motifs is 10. The highest BCUT2D eigenvalue weighted by molar-refractivity contribution is 7.16. The predicted octanol–water partition coefficient (Wildman–Crippen LogP) is 12.1. The normalized spacial score (nSPS) is 14.2. The summed E-state index contributed by atoms with van der Waals surface area (Å²) in [5.41, 5.74) is 8.95. The zero-order valence-corrected chi connectivity index (χ0v) is 32.8. The molecule has 1 aliphatic carbocycles. The van der Waals surface area contributed by atoms with Crippen molar-refractivity contribution in [2.75, 3.05) is 0 Å². The van der Waals surface area contributed by atoms with Gasteiger partial charge in [0, 0.05) is 38.3 Å². The van der Waals surface area contributed by atoms with E-state index in [4.69, 9.17) is 4.42 Å². The molecule has 0 saturated carbocycles. The second kappa shape index (κ2) is 13.0. The van der Waals surface area contributed by atoms with E-state index in [0.29, 0.717) is 0 Å². The lowest BCUT2D eigenvalue weighted by Gasteiger charge is -2.37. The van der Waals surface area contributed by atoms with Gasteiger partial charge in [-0.25, -0.2) is 0 Å². The van der Waals surface area contributed by atoms with Crippen LogP contribution in [0.3, 0.4) is 0 Å². The number of nitrogens with zero attached hydrogens (tertiary/aromatic N) is 2. The first-order valence-corrected chi connectivity index (χ1v) is 22.2. The van der Waals surface area contributed by atoms with Crippen LogP contribution < -0.4 is 15.6 Å². The van der Waals surface area contributed by atoms with Crippen LogP contribution in [0, 0.1) is 0 Å².